The lowest BCUT2D eigenvalue weighted by atomic mass is 9.82. The Morgan fingerprint density at radius 1 is 1.47 bits per heavy atom. The molecule has 0 bridgehead atoms. The molecule has 1 amide bonds. The highest BCUT2D eigenvalue weighted by Gasteiger charge is 2.21. The average molecular weight is 240 g/mol. The Bertz CT molecular complexity index is 242. The van der Waals surface area contributed by atoms with E-state index < -0.39 is 0 Å². The van der Waals surface area contributed by atoms with Gasteiger partial charge in [-0.05, 0) is 45.1 Å². The first-order valence-electron chi connectivity index (χ1n) is 7.03. The Kier molecular flexibility index (Phi) is 5.96. The standard InChI is InChI=1S/C14H28N2O/c1-5-16(4)14(17)12(3)15-10-13-8-6-7-11(2)9-13/h11-13,15H,5-10H2,1-4H3. The predicted molar refractivity (Wildman–Crippen MR) is 71.9 cm³/mol. The van der Waals surface area contributed by atoms with Gasteiger partial charge in [-0.15, -0.1) is 0 Å². The second kappa shape index (κ2) is 7.00. The maximum absolute atomic E-state index is 11.9. The van der Waals surface area contributed by atoms with Crippen molar-refractivity contribution in [2.45, 2.75) is 52.5 Å². The summed E-state index contributed by atoms with van der Waals surface area (Å²) in [5.74, 6) is 1.83. The first-order valence-corrected chi connectivity index (χ1v) is 7.03. The van der Waals surface area contributed by atoms with E-state index in [1.807, 2.05) is 20.9 Å². The van der Waals surface area contributed by atoms with Crippen molar-refractivity contribution in [3.05, 3.63) is 0 Å². The third-order valence-corrected chi connectivity index (χ3v) is 3.98. The monoisotopic (exact) mass is 240 g/mol. The lowest BCUT2D eigenvalue weighted by Gasteiger charge is -2.28. The number of hydrogen-bond acceptors (Lipinski definition) is 2. The van der Waals surface area contributed by atoms with Gasteiger partial charge in [-0.3, -0.25) is 4.79 Å². The van der Waals surface area contributed by atoms with Crippen LogP contribution in [0.5, 0.6) is 0 Å². The quantitative estimate of drug-likeness (QED) is 0.799. The third kappa shape index (κ3) is 4.66. The molecule has 0 heterocycles. The Hall–Kier alpha value is -0.570. The van der Waals surface area contributed by atoms with Crippen LogP contribution >= 0.6 is 0 Å². The maximum Gasteiger partial charge on any atom is 0.239 e. The number of nitrogens with zero attached hydrogens (tertiary/aromatic N) is 1. The summed E-state index contributed by atoms with van der Waals surface area (Å²) in [4.78, 5) is 13.7. The zero-order valence-corrected chi connectivity index (χ0v) is 11.8. The summed E-state index contributed by atoms with van der Waals surface area (Å²) in [5, 5.41) is 3.40. The van der Waals surface area contributed by atoms with Crippen LogP contribution in [-0.2, 0) is 4.79 Å². The molecule has 3 unspecified atom stereocenters. The van der Waals surface area contributed by atoms with E-state index in [0.717, 1.165) is 24.9 Å². The first-order chi connectivity index (χ1) is 8.04. The minimum absolute atomic E-state index is 0.0443. The van der Waals surface area contributed by atoms with Crippen molar-refractivity contribution in [3.8, 4) is 0 Å². The summed E-state index contributed by atoms with van der Waals surface area (Å²) in [5.41, 5.74) is 0. The second-order valence-electron chi connectivity index (χ2n) is 5.62. The minimum Gasteiger partial charge on any atom is -0.345 e. The molecule has 1 saturated carbocycles. The predicted octanol–water partition coefficient (Wildman–Crippen LogP) is 2.27. The largest absolute Gasteiger partial charge is 0.345 e. The van der Waals surface area contributed by atoms with Crippen LogP contribution in [0.25, 0.3) is 0 Å². The molecule has 0 radical (unpaired) electrons. The molecule has 3 nitrogen and oxygen atoms in total. The third-order valence-electron chi connectivity index (χ3n) is 3.98. The van der Waals surface area contributed by atoms with Gasteiger partial charge >= 0.3 is 0 Å². The van der Waals surface area contributed by atoms with Crippen molar-refractivity contribution in [3.63, 3.8) is 0 Å². The molecule has 100 valence electrons. The van der Waals surface area contributed by atoms with Gasteiger partial charge in [-0.25, -0.2) is 0 Å². The van der Waals surface area contributed by atoms with Crippen molar-refractivity contribution in [1.29, 1.82) is 0 Å². The number of hydrogen-bond donors (Lipinski definition) is 1. The van der Waals surface area contributed by atoms with Crippen LogP contribution in [0.4, 0.5) is 0 Å². The molecule has 0 aromatic heterocycles. The molecule has 1 rings (SSSR count). The molecule has 0 aromatic carbocycles. The molecular formula is C14H28N2O. The average Bonchev–Trinajstić information content (AvgIpc) is 2.34. The molecule has 0 aliphatic heterocycles. The van der Waals surface area contributed by atoms with E-state index in [1.54, 1.807) is 4.90 Å². The van der Waals surface area contributed by atoms with Crippen molar-refractivity contribution >= 4 is 5.91 Å². The highest BCUT2D eigenvalue weighted by Crippen LogP contribution is 2.27. The van der Waals surface area contributed by atoms with Crippen molar-refractivity contribution in [2.24, 2.45) is 11.8 Å². The van der Waals surface area contributed by atoms with Gasteiger partial charge in [0, 0.05) is 13.6 Å². The fourth-order valence-electron chi connectivity index (χ4n) is 2.66. The number of nitrogens with one attached hydrogen (secondary N) is 1. The van der Waals surface area contributed by atoms with Gasteiger partial charge in [-0.2, -0.15) is 0 Å². The molecule has 0 aromatic rings. The van der Waals surface area contributed by atoms with E-state index in [9.17, 15) is 4.79 Å². The Labute approximate surface area is 106 Å². The smallest absolute Gasteiger partial charge is 0.239 e. The molecular weight excluding hydrogens is 212 g/mol. The molecule has 1 N–H and O–H groups in total. The maximum atomic E-state index is 11.9. The number of amides is 1. The van der Waals surface area contributed by atoms with Crippen LogP contribution in [0.2, 0.25) is 0 Å². The molecule has 1 aliphatic rings. The molecule has 17 heavy (non-hydrogen) atoms. The van der Waals surface area contributed by atoms with E-state index >= 15 is 0 Å². The van der Waals surface area contributed by atoms with Crippen molar-refractivity contribution in [1.82, 2.24) is 10.2 Å². The van der Waals surface area contributed by atoms with Crippen LogP contribution in [0, 0.1) is 11.8 Å². The van der Waals surface area contributed by atoms with Crippen LogP contribution < -0.4 is 5.32 Å². The minimum atomic E-state index is -0.0443. The van der Waals surface area contributed by atoms with Gasteiger partial charge in [0.05, 0.1) is 6.04 Å². The Morgan fingerprint density at radius 2 is 2.18 bits per heavy atom. The van der Waals surface area contributed by atoms with Crippen molar-refractivity contribution < 1.29 is 4.79 Å². The van der Waals surface area contributed by atoms with Gasteiger partial charge in [0.15, 0.2) is 0 Å². The number of likely N-dealkylation sites (N-methyl/N-ethyl adjacent to an activating group) is 1. The highest BCUT2D eigenvalue weighted by molar-refractivity contribution is 5.81. The second-order valence-corrected chi connectivity index (χ2v) is 5.62. The summed E-state index contributed by atoms with van der Waals surface area (Å²) in [7, 11) is 1.86. The Balaban J connectivity index is 2.27. The molecule has 3 heteroatoms. The first kappa shape index (κ1) is 14.5. The van der Waals surface area contributed by atoms with E-state index in [4.69, 9.17) is 0 Å². The van der Waals surface area contributed by atoms with Gasteiger partial charge in [0.25, 0.3) is 0 Å². The van der Waals surface area contributed by atoms with E-state index in [1.165, 1.54) is 25.7 Å². The zero-order chi connectivity index (χ0) is 12.8. The highest BCUT2D eigenvalue weighted by atomic mass is 16.2. The number of carbonyl (C=O) groups excluding carboxylic acids is 1. The molecule has 0 spiro atoms. The summed E-state index contributed by atoms with van der Waals surface area (Å²) >= 11 is 0. The van der Waals surface area contributed by atoms with E-state index in [2.05, 4.69) is 12.2 Å². The van der Waals surface area contributed by atoms with Crippen LogP contribution in [0.3, 0.4) is 0 Å². The van der Waals surface area contributed by atoms with Crippen LogP contribution in [-0.4, -0.2) is 37.0 Å². The Morgan fingerprint density at radius 3 is 2.76 bits per heavy atom. The summed E-state index contributed by atoms with van der Waals surface area (Å²) in [6, 6.07) is -0.0443. The zero-order valence-electron chi connectivity index (χ0n) is 11.8. The molecule has 1 fully saturated rings. The SMILES string of the molecule is CCN(C)C(=O)C(C)NCC1CCCC(C)C1. The number of carbonyl (C=O) groups is 1. The van der Waals surface area contributed by atoms with E-state index in [0.29, 0.717) is 0 Å². The fraction of sp³-hybridized carbons (Fsp3) is 0.929. The molecule has 3 atom stereocenters. The van der Waals surface area contributed by atoms with Gasteiger partial charge in [0.1, 0.15) is 0 Å². The van der Waals surface area contributed by atoms with E-state index in [-0.39, 0.29) is 11.9 Å². The van der Waals surface area contributed by atoms with Crippen molar-refractivity contribution in [2.75, 3.05) is 20.1 Å². The van der Waals surface area contributed by atoms with Crippen LogP contribution in [0.1, 0.15) is 46.5 Å². The fourth-order valence-corrected chi connectivity index (χ4v) is 2.66. The summed E-state index contributed by atoms with van der Waals surface area (Å²) in [6.45, 7) is 8.10. The normalized spacial score (nSPS) is 26.6. The lowest BCUT2D eigenvalue weighted by Crippen LogP contribution is -2.44. The van der Waals surface area contributed by atoms with Gasteiger partial charge in [-0.1, -0.05) is 19.8 Å². The molecule has 1 aliphatic carbocycles. The number of rotatable bonds is 5. The summed E-state index contributed by atoms with van der Waals surface area (Å²) < 4.78 is 0. The summed E-state index contributed by atoms with van der Waals surface area (Å²) in [6.07, 6.45) is 5.37. The topological polar surface area (TPSA) is 32.3 Å². The van der Waals surface area contributed by atoms with Gasteiger partial charge in [0.2, 0.25) is 5.91 Å². The lowest BCUT2D eigenvalue weighted by molar-refractivity contribution is -0.131. The molecule has 0 saturated heterocycles. The van der Waals surface area contributed by atoms with Crippen LogP contribution in [0.15, 0.2) is 0 Å². The van der Waals surface area contributed by atoms with Gasteiger partial charge < -0.3 is 10.2 Å².